The van der Waals surface area contributed by atoms with Crippen LogP contribution >= 0.6 is 0 Å². The highest BCUT2D eigenvalue weighted by Crippen LogP contribution is 2.16. The van der Waals surface area contributed by atoms with Gasteiger partial charge in [-0.15, -0.1) is 0 Å². The second-order valence-electron chi connectivity index (χ2n) is 16.9. The molecule has 0 saturated carbocycles. The number of hydrogen-bond acceptors (Lipinski definition) is 6. The second-order valence-corrected chi connectivity index (χ2v) is 16.9. The van der Waals surface area contributed by atoms with E-state index in [4.69, 9.17) is 21.1 Å². The van der Waals surface area contributed by atoms with Gasteiger partial charge in [-0.2, -0.15) is 0 Å². The van der Waals surface area contributed by atoms with Crippen LogP contribution in [0.2, 0.25) is 0 Å². The van der Waals surface area contributed by atoms with Gasteiger partial charge in [-0.25, -0.2) is 0 Å². The van der Waals surface area contributed by atoms with Crippen molar-refractivity contribution >= 4 is 17.9 Å². The number of esters is 3. The molecule has 0 spiro atoms. The molecule has 0 amide bonds. The summed E-state index contributed by atoms with van der Waals surface area (Å²) in [5.41, 5.74) is 0. The summed E-state index contributed by atoms with van der Waals surface area (Å²) in [6.07, 6.45) is 44.8. The quantitative estimate of drug-likeness (QED) is 0.0263. The van der Waals surface area contributed by atoms with Gasteiger partial charge in [-0.05, 0) is 51.4 Å². The first kappa shape index (κ1) is 47.9. The molecule has 0 aliphatic rings. The zero-order valence-electron chi connectivity index (χ0n) is 44.0. The summed E-state index contributed by atoms with van der Waals surface area (Å²) in [4.78, 5) is 38.9. The van der Waals surface area contributed by atoms with Crippen LogP contribution < -0.4 is 0 Å². The maximum absolute atomic E-state index is 13.1. The lowest BCUT2D eigenvalue weighted by atomic mass is 10.0. The maximum Gasteiger partial charge on any atom is 0.306 e. The van der Waals surface area contributed by atoms with E-state index in [0.717, 1.165) is 89.9 Å². The van der Waals surface area contributed by atoms with Crippen LogP contribution in [0.1, 0.15) is 284 Å². The molecular weight excluding hydrogens is 733 g/mol. The number of carbonyl (C=O) groups excluding carboxylic acids is 3. The van der Waals surface area contributed by atoms with Crippen molar-refractivity contribution < 1.29 is 35.4 Å². The molecule has 0 unspecified atom stereocenters. The Morgan fingerprint density at radius 3 is 1.02 bits per heavy atom. The van der Waals surface area contributed by atoms with E-state index in [-0.39, 0.29) is 19.3 Å². The van der Waals surface area contributed by atoms with Crippen LogP contribution in [0.25, 0.3) is 0 Å². The molecule has 0 N–H and O–H groups in total. The molecule has 0 aliphatic carbocycles. The topological polar surface area (TPSA) is 78.9 Å². The van der Waals surface area contributed by atoms with Crippen molar-refractivity contribution in [3.8, 4) is 0 Å². The number of carbonyl (C=O) groups is 3. The molecule has 346 valence electrons. The van der Waals surface area contributed by atoms with Gasteiger partial charge in [0.1, 0.15) is 13.1 Å². The highest BCUT2D eigenvalue weighted by atomic mass is 16.6. The maximum atomic E-state index is 13.1. The van der Waals surface area contributed by atoms with Gasteiger partial charge in [-0.1, -0.05) is 231 Å². The van der Waals surface area contributed by atoms with Gasteiger partial charge >= 0.3 is 17.9 Å². The van der Waals surface area contributed by atoms with Crippen LogP contribution in [0.5, 0.6) is 0 Å². The first-order chi connectivity index (χ1) is 30.9. The van der Waals surface area contributed by atoms with E-state index in [1.807, 2.05) is 0 Å². The Morgan fingerprint density at radius 1 is 0.390 bits per heavy atom. The van der Waals surface area contributed by atoms with Gasteiger partial charge in [-0.3, -0.25) is 14.4 Å². The first-order valence-electron chi connectivity index (χ1n) is 27.8. The molecule has 0 fully saturated rings. The third-order valence-electron chi connectivity index (χ3n) is 11.0. The molecule has 0 aliphatic heterocycles. The van der Waals surface area contributed by atoms with E-state index in [1.54, 1.807) is 0 Å². The lowest BCUT2D eigenvalue weighted by molar-refractivity contribution is -0.167. The molecule has 6 nitrogen and oxygen atoms in total. The monoisotopic (exact) mass is 836 g/mol. The van der Waals surface area contributed by atoms with E-state index in [2.05, 4.69) is 45.1 Å². The number of hydrogen-bond donors (Lipinski definition) is 0. The SMILES string of the molecule is [2H]C([2H])(OC(=O)CCCCCCCCCCCCCCC)C([2H])(OC(=O)CCCCCCC/C=C\C/C=C\CCCCC)C([2H])([2H])OC(=O)CCCCCCCCCCCCCCC. The minimum absolute atomic E-state index is 0.130. The second kappa shape index (κ2) is 48.6. The molecule has 59 heavy (non-hydrogen) atoms. The summed E-state index contributed by atoms with van der Waals surface area (Å²) in [5, 5.41) is 0. The van der Waals surface area contributed by atoms with Gasteiger partial charge in [0, 0.05) is 19.3 Å². The highest BCUT2D eigenvalue weighted by Gasteiger charge is 2.19. The fourth-order valence-electron chi connectivity index (χ4n) is 7.19. The summed E-state index contributed by atoms with van der Waals surface area (Å²) >= 11 is 0. The van der Waals surface area contributed by atoms with Crippen molar-refractivity contribution in [1.29, 1.82) is 0 Å². The van der Waals surface area contributed by atoms with Gasteiger partial charge in [0.15, 0.2) is 6.08 Å². The van der Waals surface area contributed by atoms with E-state index >= 15 is 0 Å². The molecule has 0 heterocycles. The number of unbranched alkanes of at least 4 members (excludes halogenated alkanes) is 32. The Morgan fingerprint density at radius 2 is 0.661 bits per heavy atom. The molecule has 0 bridgehead atoms. The Hall–Kier alpha value is -2.11. The molecule has 0 atom stereocenters. The third kappa shape index (κ3) is 46.8. The predicted molar refractivity (Wildman–Crippen MR) is 252 cm³/mol. The van der Waals surface area contributed by atoms with Gasteiger partial charge in [0.2, 0.25) is 0 Å². The summed E-state index contributed by atoms with van der Waals surface area (Å²) in [6.45, 7) is -0.235. The van der Waals surface area contributed by atoms with Crippen molar-refractivity contribution in [3.63, 3.8) is 0 Å². The summed E-state index contributed by atoms with van der Waals surface area (Å²) in [6, 6.07) is 0. The Bertz CT molecular complexity index is 1120. The average Bonchev–Trinajstić information content (AvgIpc) is 3.25. The van der Waals surface area contributed by atoms with Gasteiger partial charge in [0.25, 0.3) is 0 Å². The van der Waals surface area contributed by atoms with Crippen molar-refractivity contribution in [3.05, 3.63) is 24.3 Å². The zero-order chi connectivity index (χ0) is 47.5. The molecule has 0 radical (unpaired) electrons. The molecule has 0 aromatic rings. The highest BCUT2D eigenvalue weighted by molar-refractivity contribution is 5.71. The third-order valence-corrected chi connectivity index (χ3v) is 11.0. The van der Waals surface area contributed by atoms with Crippen LogP contribution in [0, 0.1) is 0 Å². The number of ether oxygens (including phenoxy) is 3. The summed E-state index contributed by atoms with van der Waals surface area (Å²) < 4.78 is 58.8. The van der Waals surface area contributed by atoms with E-state index in [9.17, 15) is 14.4 Å². The van der Waals surface area contributed by atoms with Crippen molar-refractivity contribution in [1.82, 2.24) is 0 Å². The fraction of sp³-hybridized carbons (Fsp3) is 0.868. The minimum Gasteiger partial charge on any atom is -0.462 e. The van der Waals surface area contributed by atoms with Crippen molar-refractivity contribution in [2.75, 3.05) is 13.1 Å². The van der Waals surface area contributed by atoms with Crippen LogP contribution in [0.3, 0.4) is 0 Å². The first-order valence-corrected chi connectivity index (χ1v) is 25.3. The standard InChI is InChI=1S/C53H98O6/c1-4-7-10-13-16-19-22-25-26-29-32-35-38-41-44-47-53(56)59-50(48-57-51(54)45-42-39-36-33-30-27-23-20-17-14-11-8-5-2)49-58-52(55)46-43-40-37-34-31-28-24-21-18-15-12-9-6-3/h16,19,25-26,50H,4-15,17-18,20-24,27-49H2,1-3H3/b19-16-,26-25-/i48D2,49D2,50D. The summed E-state index contributed by atoms with van der Waals surface area (Å²) in [5.74, 6) is -2.96. The predicted octanol–water partition coefficient (Wildman–Crippen LogP) is 16.8. The van der Waals surface area contributed by atoms with Crippen LogP contribution in [-0.4, -0.2) is 37.1 Å². The minimum atomic E-state index is -3.49. The van der Waals surface area contributed by atoms with E-state index in [0.29, 0.717) is 25.7 Å². The number of rotatable bonds is 47. The fourth-order valence-corrected chi connectivity index (χ4v) is 7.19. The Balaban J connectivity index is 5.04. The molecule has 6 heteroatoms. The largest absolute Gasteiger partial charge is 0.462 e. The molecular formula is C53H98O6. The van der Waals surface area contributed by atoms with Crippen molar-refractivity contribution in [2.24, 2.45) is 0 Å². The van der Waals surface area contributed by atoms with Crippen LogP contribution in [-0.2, 0) is 28.6 Å². The van der Waals surface area contributed by atoms with E-state index in [1.165, 1.54) is 122 Å². The smallest absolute Gasteiger partial charge is 0.306 e. The van der Waals surface area contributed by atoms with Crippen LogP contribution in [0.4, 0.5) is 0 Å². The van der Waals surface area contributed by atoms with Crippen molar-refractivity contribution in [2.45, 2.75) is 284 Å². The van der Waals surface area contributed by atoms with Gasteiger partial charge < -0.3 is 14.2 Å². The lowest BCUT2D eigenvalue weighted by Crippen LogP contribution is -2.30. The van der Waals surface area contributed by atoms with Gasteiger partial charge in [0.05, 0.1) is 6.85 Å². The van der Waals surface area contributed by atoms with E-state index < -0.39 is 37.1 Å². The zero-order valence-corrected chi connectivity index (χ0v) is 39.0. The Labute approximate surface area is 373 Å². The number of allylic oxidation sites excluding steroid dienone is 4. The van der Waals surface area contributed by atoms with Crippen LogP contribution in [0.15, 0.2) is 24.3 Å². The molecule has 0 aromatic heterocycles. The summed E-state index contributed by atoms with van der Waals surface area (Å²) in [7, 11) is 0. The molecule has 0 rings (SSSR count). The lowest BCUT2D eigenvalue weighted by Gasteiger charge is -2.18. The molecule has 0 saturated heterocycles. The normalized spacial score (nSPS) is 13.6. The Kier molecular flexibility index (Phi) is 39.4. The molecule has 0 aromatic carbocycles. The average molecular weight is 836 g/mol.